The number of carbonyl (C=O) groups is 1. The van der Waals surface area contributed by atoms with Crippen LogP contribution in [0.4, 0.5) is 0 Å². The van der Waals surface area contributed by atoms with Crippen LogP contribution in [-0.4, -0.2) is 22.7 Å². The summed E-state index contributed by atoms with van der Waals surface area (Å²) in [4.78, 5) is 15.4. The van der Waals surface area contributed by atoms with Crippen molar-refractivity contribution < 1.29 is 14.6 Å². The van der Waals surface area contributed by atoms with Crippen LogP contribution in [0.3, 0.4) is 0 Å². The number of nitrogens with zero attached hydrogens (tertiary/aromatic N) is 1. The molecule has 4 nitrogen and oxygen atoms in total. The number of aromatic nitrogens is 1. The number of benzene rings is 1. The Balaban J connectivity index is 2.28. The summed E-state index contributed by atoms with van der Waals surface area (Å²) in [5, 5.41) is 10.00. The second kappa shape index (κ2) is 6.37. The maximum atomic E-state index is 11.3. The summed E-state index contributed by atoms with van der Waals surface area (Å²) in [5.74, 6) is 0.0284. The predicted molar refractivity (Wildman–Crippen MR) is 78.3 cm³/mol. The molecule has 4 heteroatoms. The lowest BCUT2D eigenvalue weighted by molar-refractivity contribution is 0.0692. The zero-order valence-corrected chi connectivity index (χ0v) is 11.8. The van der Waals surface area contributed by atoms with Crippen LogP contribution < -0.4 is 4.74 Å². The zero-order chi connectivity index (χ0) is 14.5. The van der Waals surface area contributed by atoms with Gasteiger partial charge in [0.25, 0.3) is 0 Å². The van der Waals surface area contributed by atoms with Gasteiger partial charge in [-0.2, -0.15) is 0 Å². The first-order chi connectivity index (χ1) is 9.59. The molecule has 2 aromatic rings. The average Bonchev–Trinajstić information content (AvgIpc) is 2.42. The Bertz CT molecular complexity index is 608. The van der Waals surface area contributed by atoms with Gasteiger partial charge in [0.1, 0.15) is 11.3 Å². The third-order valence-corrected chi connectivity index (χ3v) is 3.13. The summed E-state index contributed by atoms with van der Waals surface area (Å²) < 4.78 is 5.74. The van der Waals surface area contributed by atoms with Crippen molar-refractivity contribution in [3.63, 3.8) is 0 Å². The SMILES string of the molecule is CC(C)CCCOc1c(C(=O)O)cnc2ccccc12. The largest absolute Gasteiger partial charge is 0.492 e. The first kappa shape index (κ1) is 14.3. The zero-order valence-electron chi connectivity index (χ0n) is 11.8. The quantitative estimate of drug-likeness (QED) is 0.814. The lowest BCUT2D eigenvalue weighted by Crippen LogP contribution is -2.06. The number of pyridine rings is 1. The van der Waals surface area contributed by atoms with Gasteiger partial charge in [0.2, 0.25) is 0 Å². The molecule has 0 spiro atoms. The van der Waals surface area contributed by atoms with Crippen molar-refractivity contribution in [1.29, 1.82) is 0 Å². The van der Waals surface area contributed by atoms with Crippen LogP contribution in [-0.2, 0) is 0 Å². The van der Waals surface area contributed by atoms with Crippen LogP contribution in [0.1, 0.15) is 37.0 Å². The molecule has 106 valence electrons. The van der Waals surface area contributed by atoms with Crippen LogP contribution >= 0.6 is 0 Å². The molecule has 2 rings (SSSR count). The normalized spacial score (nSPS) is 10.9. The van der Waals surface area contributed by atoms with Crippen molar-refractivity contribution >= 4 is 16.9 Å². The van der Waals surface area contributed by atoms with Crippen LogP contribution in [0.15, 0.2) is 30.5 Å². The number of hydrogen-bond donors (Lipinski definition) is 1. The Morgan fingerprint density at radius 2 is 2.10 bits per heavy atom. The minimum atomic E-state index is -1.01. The van der Waals surface area contributed by atoms with E-state index in [1.54, 1.807) is 0 Å². The lowest BCUT2D eigenvalue weighted by Gasteiger charge is -2.12. The Hall–Kier alpha value is -2.10. The molecule has 1 aromatic carbocycles. The number of aromatic carboxylic acids is 1. The van der Waals surface area contributed by atoms with Gasteiger partial charge in [0.05, 0.1) is 12.1 Å². The van der Waals surface area contributed by atoms with Crippen LogP contribution in [0.5, 0.6) is 5.75 Å². The second-order valence-electron chi connectivity index (χ2n) is 5.21. The number of ether oxygens (including phenoxy) is 1. The van der Waals surface area contributed by atoms with Crippen molar-refractivity contribution in [2.45, 2.75) is 26.7 Å². The number of rotatable bonds is 6. The molecule has 0 aliphatic rings. The van der Waals surface area contributed by atoms with Gasteiger partial charge in [-0.25, -0.2) is 4.79 Å². The lowest BCUT2D eigenvalue weighted by atomic mass is 10.1. The topological polar surface area (TPSA) is 59.4 Å². The Labute approximate surface area is 118 Å². The van der Waals surface area contributed by atoms with Gasteiger partial charge in [-0.3, -0.25) is 4.98 Å². The van der Waals surface area contributed by atoms with E-state index in [2.05, 4.69) is 18.8 Å². The van der Waals surface area contributed by atoms with E-state index in [-0.39, 0.29) is 5.56 Å². The van der Waals surface area contributed by atoms with Gasteiger partial charge >= 0.3 is 5.97 Å². The minimum Gasteiger partial charge on any atom is -0.492 e. The standard InChI is InChI=1S/C16H19NO3/c1-11(2)6-5-9-20-15-12-7-3-4-8-14(12)17-10-13(15)16(18)19/h3-4,7-8,10-11H,5-6,9H2,1-2H3,(H,18,19). The number of hydrogen-bond acceptors (Lipinski definition) is 3. The molecule has 0 aliphatic carbocycles. The first-order valence-electron chi connectivity index (χ1n) is 6.83. The predicted octanol–water partition coefficient (Wildman–Crippen LogP) is 3.75. The molecule has 0 bridgehead atoms. The van der Waals surface area contributed by atoms with Crippen molar-refractivity contribution in [1.82, 2.24) is 4.98 Å². The fourth-order valence-electron chi connectivity index (χ4n) is 2.09. The average molecular weight is 273 g/mol. The van der Waals surface area contributed by atoms with Gasteiger partial charge < -0.3 is 9.84 Å². The molecule has 0 atom stereocenters. The van der Waals surface area contributed by atoms with E-state index in [9.17, 15) is 9.90 Å². The molecule has 1 N–H and O–H groups in total. The summed E-state index contributed by atoms with van der Waals surface area (Å²) in [6.45, 7) is 4.83. The summed E-state index contributed by atoms with van der Waals surface area (Å²) in [7, 11) is 0. The van der Waals surface area contributed by atoms with E-state index in [1.165, 1.54) is 6.20 Å². The second-order valence-corrected chi connectivity index (χ2v) is 5.21. The fourth-order valence-corrected chi connectivity index (χ4v) is 2.09. The van der Waals surface area contributed by atoms with E-state index in [0.29, 0.717) is 18.3 Å². The van der Waals surface area contributed by atoms with Crippen molar-refractivity contribution in [2.75, 3.05) is 6.61 Å². The van der Waals surface area contributed by atoms with Crippen molar-refractivity contribution in [2.24, 2.45) is 5.92 Å². The highest BCUT2D eigenvalue weighted by Crippen LogP contribution is 2.28. The van der Waals surface area contributed by atoms with Crippen molar-refractivity contribution in [3.05, 3.63) is 36.0 Å². The Kier molecular flexibility index (Phi) is 4.56. The molecule has 0 amide bonds. The minimum absolute atomic E-state index is 0.119. The summed E-state index contributed by atoms with van der Waals surface area (Å²) in [5.41, 5.74) is 0.865. The third-order valence-electron chi connectivity index (χ3n) is 3.13. The molecular weight excluding hydrogens is 254 g/mol. The first-order valence-corrected chi connectivity index (χ1v) is 6.83. The smallest absolute Gasteiger partial charge is 0.341 e. The maximum Gasteiger partial charge on any atom is 0.341 e. The molecule has 0 saturated carbocycles. The summed E-state index contributed by atoms with van der Waals surface area (Å²) >= 11 is 0. The monoisotopic (exact) mass is 273 g/mol. The Morgan fingerprint density at radius 3 is 2.80 bits per heavy atom. The van der Waals surface area contributed by atoms with Gasteiger partial charge in [-0.05, 0) is 30.9 Å². The number of carboxylic acid groups (broad SMARTS) is 1. The van der Waals surface area contributed by atoms with Gasteiger partial charge in [0, 0.05) is 11.6 Å². The molecule has 0 aliphatic heterocycles. The van der Waals surface area contributed by atoms with Crippen LogP contribution in [0, 0.1) is 5.92 Å². The molecule has 1 heterocycles. The number of para-hydroxylation sites is 1. The summed E-state index contributed by atoms with van der Waals surface area (Å²) in [6.07, 6.45) is 3.33. The maximum absolute atomic E-state index is 11.3. The van der Waals surface area contributed by atoms with E-state index >= 15 is 0 Å². The highest BCUT2D eigenvalue weighted by atomic mass is 16.5. The molecule has 0 saturated heterocycles. The van der Waals surface area contributed by atoms with Gasteiger partial charge in [-0.15, -0.1) is 0 Å². The summed E-state index contributed by atoms with van der Waals surface area (Å²) in [6, 6.07) is 7.42. The van der Waals surface area contributed by atoms with Gasteiger partial charge in [-0.1, -0.05) is 26.0 Å². The molecular formula is C16H19NO3. The highest BCUT2D eigenvalue weighted by molar-refractivity contribution is 5.98. The molecule has 0 fully saturated rings. The van der Waals surface area contributed by atoms with E-state index in [4.69, 9.17) is 4.74 Å². The molecule has 20 heavy (non-hydrogen) atoms. The highest BCUT2D eigenvalue weighted by Gasteiger charge is 2.15. The molecule has 0 radical (unpaired) electrons. The number of fused-ring (bicyclic) bond motifs is 1. The Morgan fingerprint density at radius 1 is 1.35 bits per heavy atom. The third kappa shape index (κ3) is 3.26. The molecule has 0 unspecified atom stereocenters. The van der Waals surface area contributed by atoms with Crippen LogP contribution in [0.2, 0.25) is 0 Å². The number of carboxylic acids is 1. The van der Waals surface area contributed by atoms with E-state index in [1.807, 2.05) is 24.3 Å². The van der Waals surface area contributed by atoms with E-state index < -0.39 is 5.97 Å². The fraction of sp³-hybridized carbons (Fsp3) is 0.375. The van der Waals surface area contributed by atoms with Gasteiger partial charge in [0.15, 0.2) is 0 Å². The van der Waals surface area contributed by atoms with Crippen molar-refractivity contribution in [3.8, 4) is 5.75 Å². The molecule has 1 aromatic heterocycles. The van der Waals surface area contributed by atoms with Crippen LogP contribution in [0.25, 0.3) is 10.9 Å². The van der Waals surface area contributed by atoms with E-state index in [0.717, 1.165) is 23.7 Å².